The Morgan fingerprint density at radius 1 is 1.12 bits per heavy atom. The second kappa shape index (κ2) is 8.29. The molecule has 2 rings (SSSR count). The lowest BCUT2D eigenvalue weighted by Crippen LogP contribution is -2.13. The van der Waals surface area contributed by atoms with E-state index in [-0.39, 0.29) is 24.0 Å². The number of anilines is 1. The molecule has 0 spiro atoms. The van der Waals surface area contributed by atoms with Crippen LogP contribution in [0.2, 0.25) is 0 Å². The third-order valence-corrected chi connectivity index (χ3v) is 3.31. The molecule has 0 aliphatic rings. The van der Waals surface area contributed by atoms with Gasteiger partial charge in [-0.15, -0.1) is 0 Å². The van der Waals surface area contributed by atoms with Crippen molar-refractivity contribution in [2.24, 2.45) is 0 Å². The largest absolute Gasteiger partial charge is 0.490 e. The molecule has 0 aromatic heterocycles. The fourth-order valence-electron chi connectivity index (χ4n) is 2.18. The van der Waals surface area contributed by atoms with Gasteiger partial charge in [0, 0.05) is 11.3 Å². The monoisotopic (exact) mass is 335 g/mol. The molecule has 0 aliphatic heterocycles. The minimum absolute atomic E-state index is 0.101. The van der Waals surface area contributed by atoms with Gasteiger partial charge in [-0.05, 0) is 49.2 Å². The molecule has 2 aromatic carbocycles. The molecular formula is C18H19F2NO3. The predicted octanol–water partition coefficient (Wildman–Crippen LogP) is 4.50. The number of amides is 1. The molecule has 0 atom stereocenters. The maximum Gasteiger partial charge on any atom is 0.387 e. The van der Waals surface area contributed by atoms with E-state index in [4.69, 9.17) is 4.74 Å². The fourth-order valence-corrected chi connectivity index (χ4v) is 2.18. The molecule has 0 fully saturated rings. The van der Waals surface area contributed by atoms with Crippen molar-refractivity contribution >= 4 is 11.6 Å². The van der Waals surface area contributed by atoms with Crippen LogP contribution >= 0.6 is 0 Å². The number of nitrogens with one attached hydrogen (secondary N) is 1. The quantitative estimate of drug-likeness (QED) is 0.810. The zero-order valence-electron chi connectivity index (χ0n) is 13.5. The normalized spacial score (nSPS) is 10.5. The van der Waals surface area contributed by atoms with Crippen LogP contribution in [0, 0.1) is 0 Å². The Morgan fingerprint density at radius 3 is 2.58 bits per heavy atom. The predicted molar refractivity (Wildman–Crippen MR) is 88.0 cm³/mol. The number of ether oxygens (including phenoxy) is 2. The molecule has 24 heavy (non-hydrogen) atoms. The Morgan fingerprint density at radius 2 is 1.92 bits per heavy atom. The van der Waals surface area contributed by atoms with Crippen LogP contribution in [0.1, 0.15) is 29.8 Å². The van der Waals surface area contributed by atoms with Crippen LogP contribution in [-0.2, 0) is 6.42 Å². The van der Waals surface area contributed by atoms with Gasteiger partial charge < -0.3 is 14.8 Å². The number of benzene rings is 2. The minimum atomic E-state index is -2.96. The van der Waals surface area contributed by atoms with Crippen molar-refractivity contribution in [3.05, 3.63) is 53.6 Å². The first-order valence-corrected chi connectivity index (χ1v) is 7.65. The molecule has 0 bridgehead atoms. The molecule has 0 heterocycles. The summed E-state index contributed by atoms with van der Waals surface area (Å²) in [4.78, 5) is 12.3. The SMILES string of the molecule is CCOc1cc(C(=O)Nc2cccc(CC)c2)ccc1OC(F)F. The first-order valence-electron chi connectivity index (χ1n) is 7.65. The van der Waals surface area contributed by atoms with Crippen molar-refractivity contribution in [3.63, 3.8) is 0 Å². The van der Waals surface area contributed by atoms with E-state index >= 15 is 0 Å². The van der Waals surface area contributed by atoms with Gasteiger partial charge in [-0.3, -0.25) is 4.79 Å². The average Bonchev–Trinajstić information content (AvgIpc) is 2.56. The van der Waals surface area contributed by atoms with E-state index < -0.39 is 6.61 Å². The Kier molecular flexibility index (Phi) is 6.12. The number of hydrogen-bond acceptors (Lipinski definition) is 3. The van der Waals surface area contributed by atoms with E-state index in [1.54, 1.807) is 13.0 Å². The Bertz CT molecular complexity index is 704. The fraction of sp³-hybridized carbons (Fsp3) is 0.278. The van der Waals surface area contributed by atoms with Gasteiger partial charge in [0.1, 0.15) is 0 Å². The summed E-state index contributed by atoms with van der Waals surface area (Å²) in [5, 5.41) is 2.78. The number of carbonyl (C=O) groups excluding carboxylic acids is 1. The second-order valence-electron chi connectivity index (χ2n) is 4.98. The van der Waals surface area contributed by atoms with Gasteiger partial charge in [0.2, 0.25) is 0 Å². The third kappa shape index (κ3) is 4.68. The van der Waals surface area contributed by atoms with Crippen LogP contribution in [0.25, 0.3) is 0 Å². The molecular weight excluding hydrogens is 316 g/mol. The molecule has 1 N–H and O–H groups in total. The van der Waals surface area contributed by atoms with Crippen molar-refractivity contribution in [2.75, 3.05) is 11.9 Å². The number of rotatable bonds is 7. The number of alkyl halides is 2. The molecule has 4 nitrogen and oxygen atoms in total. The summed E-state index contributed by atoms with van der Waals surface area (Å²) in [5.41, 5.74) is 2.07. The van der Waals surface area contributed by atoms with Gasteiger partial charge in [0.15, 0.2) is 11.5 Å². The lowest BCUT2D eigenvalue weighted by molar-refractivity contribution is -0.0514. The molecule has 2 aromatic rings. The second-order valence-corrected chi connectivity index (χ2v) is 4.98. The van der Waals surface area contributed by atoms with Gasteiger partial charge in [0.25, 0.3) is 5.91 Å². The minimum Gasteiger partial charge on any atom is -0.490 e. The number of aryl methyl sites for hydroxylation is 1. The average molecular weight is 335 g/mol. The Labute approximate surface area is 139 Å². The molecule has 0 unspecified atom stereocenters. The van der Waals surface area contributed by atoms with Crippen LogP contribution < -0.4 is 14.8 Å². The highest BCUT2D eigenvalue weighted by Crippen LogP contribution is 2.30. The van der Waals surface area contributed by atoms with Crippen LogP contribution in [0.5, 0.6) is 11.5 Å². The van der Waals surface area contributed by atoms with E-state index in [2.05, 4.69) is 10.1 Å². The third-order valence-electron chi connectivity index (χ3n) is 3.31. The first kappa shape index (κ1) is 17.7. The molecule has 0 aliphatic carbocycles. The zero-order chi connectivity index (χ0) is 17.5. The molecule has 0 saturated carbocycles. The number of hydrogen-bond donors (Lipinski definition) is 1. The highest BCUT2D eigenvalue weighted by atomic mass is 19.3. The summed E-state index contributed by atoms with van der Waals surface area (Å²) in [6, 6.07) is 11.6. The summed E-state index contributed by atoms with van der Waals surface area (Å²) in [6.45, 7) is 1.05. The van der Waals surface area contributed by atoms with Crippen LogP contribution in [0.3, 0.4) is 0 Å². The van der Waals surface area contributed by atoms with E-state index in [9.17, 15) is 13.6 Å². The maximum absolute atomic E-state index is 12.4. The maximum atomic E-state index is 12.4. The molecule has 6 heteroatoms. The highest BCUT2D eigenvalue weighted by molar-refractivity contribution is 6.04. The summed E-state index contributed by atoms with van der Waals surface area (Å²) >= 11 is 0. The van der Waals surface area contributed by atoms with E-state index in [1.165, 1.54) is 18.2 Å². The van der Waals surface area contributed by atoms with Crippen LogP contribution in [0.15, 0.2) is 42.5 Å². The number of carbonyl (C=O) groups is 1. The lowest BCUT2D eigenvalue weighted by Gasteiger charge is -2.13. The van der Waals surface area contributed by atoms with Gasteiger partial charge in [0.05, 0.1) is 6.61 Å². The van der Waals surface area contributed by atoms with Gasteiger partial charge in [-0.25, -0.2) is 0 Å². The highest BCUT2D eigenvalue weighted by Gasteiger charge is 2.15. The Balaban J connectivity index is 2.20. The summed E-state index contributed by atoms with van der Waals surface area (Å²) in [7, 11) is 0. The molecule has 1 amide bonds. The summed E-state index contributed by atoms with van der Waals surface area (Å²) in [6.07, 6.45) is 0.859. The standard InChI is InChI=1S/C18H19F2NO3/c1-3-12-6-5-7-14(10-12)21-17(22)13-8-9-15(24-18(19)20)16(11-13)23-4-2/h5-11,18H,3-4H2,1-2H3,(H,21,22). The molecule has 128 valence electrons. The van der Waals surface area contributed by atoms with Crippen LogP contribution in [0.4, 0.5) is 14.5 Å². The van der Waals surface area contributed by atoms with E-state index in [0.29, 0.717) is 11.3 Å². The van der Waals surface area contributed by atoms with Crippen molar-refractivity contribution in [1.29, 1.82) is 0 Å². The molecule has 0 saturated heterocycles. The summed E-state index contributed by atoms with van der Waals surface area (Å²) < 4.78 is 34.5. The summed E-state index contributed by atoms with van der Waals surface area (Å²) in [5.74, 6) is -0.350. The topological polar surface area (TPSA) is 47.6 Å². The van der Waals surface area contributed by atoms with Crippen molar-refractivity contribution in [1.82, 2.24) is 0 Å². The van der Waals surface area contributed by atoms with Gasteiger partial charge >= 0.3 is 6.61 Å². The smallest absolute Gasteiger partial charge is 0.387 e. The first-order chi connectivity index (χ1) is 11.5. The van der Waals surface area contributed by atoms with Gasteiger partial charge in [-0.2, -0.15) is 8.78 Å². The van der Waals surface area contributed by atoms with E-state index in [0.717, 1.165) is 12.0 Å². The number of halogens is 2. The molecule has 0 radical (unpaired) electrons. The van der Waals surface area contributed by atoms with Crippen molar-refractivity contribution < 1.29 is 23.0 Å². The Hall–Kier alpha value is -2.63. The zero-order valence-corrected chi connectivity index (χ0v) is 13.5. The van der Waals surface area contributed by atoms with Crippen LogP contribution in [-0.4, -0.2) is 19.1 Å². The van der Waals surface area contributed by atoms with Gasteiger partial charge in [-0.1, -0.05) is 19.1 Å². The lowest BCUT2D eigenvalue weighted by atomic mass is 10.1. The van der Waals surface area contributed by atoms with Crippen molar-refractivity contribution in [2.45, 2.75) is 26.9 Å². The van der Waals surface area contributed by atoms with Crippen molar-refractivity contribution in [3.8, 4) is 11.5 Å². The van der Waals surface area contributed by atoms with E-state index in [1.807, 2.05) is 25.1 Å².